The first-order valence-electron chi connectivity index (χ1n) is 11.7. The highest BCUT2D eigenvalue weighted by molar-refractivity contribution is 6.06. The molecular weight excluding hydrogens is 456 g/mol. The van der Waals surface area contributed by atoms with Crippen molar-refractivity contribution in [2.24, 2.45) is 0 Å². The SMILES string of the molecule is CCOc1ccccc1NC(=O)C1=C(C)Nc2nnnn2C1c1cccc(OCc2ccccc2)c1. The zero-order valence-corrected chi connectivity index (χ0v) is 20.0. The van der Waals surface area contributed by atoms with Gasteiger partial charge in [0.2, 0.25) is 5.95 Å². The number of rotatable bonds is 8. The number of carbonyl (C=O) groups is 1. The van der Waals surface area contributed by atoms with E-state index in [1.54, 1.807) is 4.68 Å². The zero-order valence-electron chi connectivity index (χ0n) is 20.0. The van der Waals surface area contributed by atoms with E-state index in [1.807, 2.05) is 92.7 Å². The van der Waals surface area contributed by atoms with Crippen molar-refractivity contribution in [2.75, 3.05) is 17.2 Å². The summed E-state index contributed by atoms with van der Waals surface area (Å²) in [5.41, 5.74) is 3.62. The number of fused-ring (bicyclic) bond motifs is 1. The first-order chi connectivity index (χ1) is 17.6. The molecule has 3 aromatic carbocycles. The smallest absolute Gasteiger partial charge is 0.255 e. The Morgan fingerprint density at radius 1 is 1.03 bits per heavy atom. The van der Waals surface area contributed by atoms with Crippen LogP contribution in [-0.4, -0.2) is 32.7 Å². The van der Waals surface area contributed by atoms with E-state index in [-0.39, 0.29) is 5.91 Å². The monoisotopic (exact) mass is 482 g/mol. The third kappa shape index (κ3) is 4.76. The number of anilines is 2. The van der Waals surface area contributed by atoms with E-state index in [9.17, 15) is 4.79 Å². The Morgan fingerprint density at radius 3 is 2.67 bits per heavy atom. The van der Waals surface area contributed by atoms with Gasteiger partial charge in [0.25, 0.3) is 5.91 Å². The molecule has 0 spiro atoms. The number of nitrogens with one attached hydrogen (secondary N) is 2. The number of tetrazole rings is 1. The highest BCUT2D eigenvalue weighted by atomic mass is 16.5. The maximum atomic E-state index is 13.7. The van der Waals surface area contributed by atoms with Crippen LogP contribution in [0.5, 0.6) is 11.5 Å². The molecule has 0 aliphatic carbocycles. The van der Waals surface area contributed by atoms with Gasteiger partial charge in [0.15, 0.2) is 0 Å². The van der Waals surface area contributed by atoms with Crippen LogP contribution in [0, 0.1) is 0 Å². The number of allylic oxidation sites excluding steroid dienone is 1. The fraction of sp³-hybridized carbons (Fsp3) is 0.185. The summed E-state index contributed by atoms with van der Waals surface area (Å²) >= 11 is 0. The Balaban J connectivity index is 1.47. The van der Waals surface area contributed by atoms with Crippen molar-refractivity contribution in [3.63, 3.8) is 0 Å². The van der Waals surface area contributed by atoms with Crippen LogP contribution in [-0.2, 0) is 11.4 Å². The van der Waals surface area contributed by atoms with Crippen molar-refractivity contribution < 1.29 is 14.3 Å². The van der Waals surface area contributed by atoms with Crippen molar-refractivity contribution in [1.82, 2.24) is 20.2 Å². The second kappa shape index (κ2) is 10.3. The zero-order chi connectivity index (χ0) is 24.9. The van der Waals surface area contributed by atoms with Crippen molar-refractivity contribution >= 4 is 17.5 Å². The summed E-state index contributed by atoms with van der Waals surface area (Å²) in [6.07, 6.45) is 0. The number of carbonyl (C=O) groups excluding carboxylic acids is 1. The van der Waals surface area contributed by atoms with Crippen LogP contribution in [0.2, 0.25) is 0 Å². The normalized spacial score (nSPS) is 14.6. The fourth-order valence-corrected chi connectivity index (χ4v) is 4.17. The molecule has 0 fully saturated rings. The van der Waals surface area contributed by atoms with Gasteiger partial charge in [0.1, 0.15) is 24.1 Å². The predicted octanol–water partition coefficient (Wildman–Crippen LogP) is 4.58. The van der Waals surface area contributed by atoms with E-state index in [0.717, 1.165) is 11.1 Å². The minimum Gasteiger partial charge on any atom is -0.492 e. The third-order valence-electron chi connectivity index (χ3n) is 5.82. The topological polar surface area (TPSA) is 103 Å². The number of amides is 1. The molecule has 1 atom stereocenters. The molecule has 2 heterocycles. The molecule has 1 aliphatic heterocycles. The molecule has 182 valence electrons. The Hall–Kier alpha value is -4.66. The van der Waals surface area contributed by atoms with Crippen molar-refractivity contribution in [3.05, 3.63) is 101 Å². The molecule has 2 N–H and O–H groups in total. The van der Waals surface area contributed by atoms with Gasteiger partial charge < -0.3 is 20.1 Å². The summed E-state index contributed by atoms with van der Waals surface area (Å²) in [6.45, 7) is 4.66. The molecule has 9 nitrogen and oxygen atoms in total. The van der Waals surface area contributed by atoms with Gasteiger partial charge in [-0.1, -0.05) is 59.7 Å². The van der Waals surface area contributed by atoms with E-state index in [0.29, 0.717) is 47.6 Å². The van der Waals surface area contributed by atoms with Crippen LogP contribution >= 0.6 is 0 Å². The molecule has 0 bridgehead atoms. The van der Waals surface area contributed by atoms with Gasteiger partial charge in [-0.25, -0.2) is 0 Å². The minimum atomic E-state index is -0.559. The van der Waals surface area contributed by atoms with E-state index in [4.69, 9.17) is 9.47 Å². The Bertz CT molecular complexity index is 1400. The minimum absolute atomic E-state index is 0.283. The summed E-state index contributed by atoms with van der Waals surface area (Å²) in [7, 11) is 0. The molecule has 0 saturated carbocycles. The molecule has 36 heavy (non-hydrogen) atoms. The first-order valence-corrected chi connectivity index (χ1v) is 11.7. The summed E-state index contributed by atoms with van der Waals surface area (Å²) in [6, 6.07) is 24.4. The van der Waals surface area contributed by atoms with Crippen LogP contribution in [0.1, 0.15) is 31.0 Å². The summed E-state index contributed by atoms with van der Waals surface area (Å²) < 4.78 is 13.3. The van der Waals surface area contributed by atoms with E-state index in [1.165, 1.54) is 0 Å². The van der Waals surface area contributed by atoms with Crippen molar-refractivity contribution in [2.45, 2.75) is 26.5 Å². The summed E-state index contributed by atoms with van der Waals surface area (Å²) in [5, 5.41) is 18.2. The first kappa shape index (κ1) is 23.1. The van der Waals surface area contributed by atoms with E-state index < -0.39 is 6.04 Å². The molecule has 9 heteroatoms. The van der Waals surface area contributed by atoms with Crippen LogP contribution in [0.4, 0.5) is 11.6 Å². The lowest BCUT2D eigenvalue weighted by Gasteiger charge is -2.28. The van der Waals surface area contributed by atoms with Gasteiger partial charge >= 0.3 is 0 Å². The average Bonchev–Trinajstić information content (AvgIpc) is 3.36. The number of hydrogen-bond acceptors (Lipinski definition) is 7. The van der Waals surface area contributed by atoms with Gasteiger partial charge in [-0.2, -0.15) is 4.68 Å². The second-order valence-corrected chi connectivity index (χ2v) is 8.24. The average molecular weight is 483 g/mol. The van der Waals surface area contributed by atoms with Crippen LogP contribution in [0.3, 0.4) is 0 Å². The Morgan fingerprint density at radius 2 is 1.83 bits per heavy atom. The van der Waals surface area contributed by atoms with Crippen LogP contribution in [0.25, 0.3) is 0 Å². The summed E-state index contributed by atoms with van der Waals surface area (Å²) in [4.78, 5) is 13.7. The van der Waals surface area contributed by atoms with Gasteiger partial charge in [-0.3, -0.25) is 4.79 Å². The van der Waals surface area contributed by atoms with Crippen molar-refractivity contribution in [1.29, 1.82) is 0 Å². The second-order valence-electron chi connectivity index (χ2n) is 8.24. The molecular formula is C27H26N6O3. The fourth-order valence-electron chi connectivity index (χ4n) is 4.17. The van der Waals surface area contributed by atoms with Gasteiger partial charge in [0.05, 0.1) is 17.9 Å². The maximum Gasteiger partial charge on any atom is 0.255 e. The molecule has 1 aromatic heterocycles. The molecule has 4 aromatic rings. The Labute approximate surface area is 208 Å². The standard InChI is InChI=1S/C27H26N6O3/c1-3-35-23-15-8-7-14-22(23)29-26(34)24-18(2)28-27-30-31-32-33(27)25(24)20-12-9-13-21(16-20)36-17-19-10-5-4-6-11-19/h4-16,25H,3,17H2,1-2H3,(H,29,34)(H,28,30,32). The highest BCUT2D eigenvalue weighted by Gasteiger charge is 2.34. The third-order valence-corrected chi connectivity index (χ3v) is 5.82. The number of benzene rings is 3. The number of nitrogens with zero attached hydrogens (tertiary/aromatic N) is 4. The maximum absolute atomic E-state index is 13.7. The lowest BCUT2D eigenvalue weighted by atomic mass is 9.94. The van der Waals surface area contributed by atoms with E-state index in [2.05, 4.69) is 26.2 Å². The number of para-hydroxylation sites is 2. The quantitative estimate of drug-likeness (QED) is 0.379. The van der Waals surface area contributed by atoms with Crippen LogP contribution < -0.4 is 20.1 Å². The molecule has 1 unspecified atom stereocenters. The van der Waals surface area contributed by atoms with E-state index >= 15 is 0 Å². The highest BCUT2D eigenvalue weighted by Crippen LogP contribution is 2.36. The summed E-state index contributed by atoms with van der Waals surface area (Å²) in [5.74, 6) is 1.46. The molecule has 1 amide bonds. The molecule has 0 saturated heterocycles. The number of aromatic nitrogens is 4. The van der Waals surface area contributed by atoms with Gasteiger partial charge in [0, 0.05) is 5.70 Å². The molecule has 0 radical (unpaired) electrons. The van der Waals surface area contributed by atoms with Crippen molar-refractivity contribution in [3.8, 4) is 11.5 Å². The molecule has 5 rings (SSSR count). The predicted molar refractivity (Wildman–Crippen MR) is 136 cm³/mol. The van der Waals surface area contributed by atoms with Gasteiger partial charge in [-0.05, 0) is 59.7 Å². The molecule has 1 aliphatic rings. The largest absolute Gasteiger partial charge is 0.492 e. The lowest BCUT2D eigenvalue weighted by Crippen LogP contribution is -2.31. The Kier molecular flexibility index (Phi) is 6.61. The van der Waals surface area contributed by atoms with Crippen LogP contribution in [0.15, 0.2) is 90.1 Å². The lowest BCUT2D eigenvalue weighted by molar-refractivity contribution is -0.113. The van der Waals surface area contributed by atoms with Gasteiger partial charge in [-0.15, -0.1) is 0 Å². The number of hydrogen-bond donors (Lipinski definition) is 2. The number of ether oxygens (including phenoxy) is 2.